The molecule has 6 nitrogen and oxygen atoms in total. The summed E-state index contributed by atoms with van der Waals surface area (Å²) in [7, 11) is 0. The molecule has 1 saturated heterocycles. The van der Waals surface area contributed by atoms with Crippen molar-refractivity contribution in [2.75, 3.05) is 11.5 Å². The summed E-state index contributed by atoms with van der Waals surface area (Å²) >= 11 is 7.25. The predicted molar refractivity (Wildman–Crippen MR) is 120 cm³/mol. The Hall–Kier alpha value is -3.42. The Morgan fingerprint density at radius 1 is 1.19 bits per heavy atom. The Labute approximate surface area is 187 Å². The van der Waals surface area contributed by atoms with Gasteiger partial charge < -0.3 is 9.84 Å². The van der Waals surface area contributed by atoms with Crippen LogP contribution in [0.25, 0.3) is 5.76 Å². The number of Topliss-reactive ketones (excluding diaryl/α,β-unsaturated/α-hetero) is 1. The first-order valence-corrected chi connectivity index (χ1v) is 10.6. The molecule has 3 aromatic rings. The molecule has 1 aromatic heterocycles. The molecule has 1 atom stereocenters. The molecule has 0 saturated carbocycles. The number of hydrogen-bond acceptors (Lipinski definition) is 6. The zero-order valence-electron chi connectivity index (χ0n) is 16.2. The fourth-order valence-electron chi connectivity index (χ4n) is 3.34. The molecule has 2 heterocycles. The minimum absolute atomic E-state index is 0.0118. The van der Waals surface area contributed by atoms with Crippen molar-refractivity contribution < 1.29 is 19.4 Å². The molecule has 1 aliphatic rings. The maximum absolute atomic E-state index is 13.0. The third-order valence-electron chi connectivity index (χ3n) is 4.75. The second-order valence-electron chi connectivity index (χ2n) is 6.66. The maximum Gasteiger partial charge on any atom is 0.301 e. The SMILES string of the molecule is C=CCOc1ccc(C(O)=C2C(=O)C(=O)N(c3nccs3)C2c2ccc(Cl)cc2)cc1. The number of thiazole rings is 1. The fourth-order valence-corrected chi connectivity index (χ4v) is 4.14. The summed E-state index contributed by atoms with van der Waals surface area (Å²) in [5.74, 6) is -1.21. The van der Waals surface area contributed by atoms with Gasteiger partial charge in [0.15, 0.2) is 5.13 Å². The largest absolute Gasteiger partial charge is 0.507 e. The van der Waals surface area contributed by atoms with Crippen molar-refractivity contribution in [2.24, 2.45) is 0 Å². The molecule has 1 unspecified atom stereocenters. The average molecular weight is 453 g/mol. The summed E-state index contributed by atoms with van der Waals surface area (Å²) in [4.78, 5) is 31.4. The number of aliphatic hydroxyl groups is 1. The quantitative estimate of drug-likeness (QED) is 0.247. The number of ether oxygens (including phenoxy) is 1. The Morgan fingerprint density at radius 2 is 1.90 bits per heavy atom. The van der Waals surface area contributed by atoms with Gasteiger partial charge in [-0.15, -0.1) is 11.3 Å². The number of aromatic nitrogens is 1. The zero-order valence-corrected chi connectivity index (χ0v) is 17.8. The molecule has 0 aliphatic carbocycles. The molecular formula is C23H17ClN2O4S. The van der Waals surface area contributed by atoms with Crippen molar-refractivity contribution in [1.29, 1.82) is 0 Å². The number of amides is 1. The number of aliphatic hydroxyl groups excluding tert-OH is 1. The summed E-state index contributed by atoms with van der Waals surface area (Å²) < 4.78 is 5.46. The monoisotopic (exact) mass is 452 g/mol. The third-order valence-corrected chi connectivity index (χ3v) is 5.77. The second-order valence-corrected chi connectivity index (χ2v) is 7.97. The number of benzene rings is 2. The van der Waals surface area contributed by atoms with E-state index in [4.69, 9.17) is 16.3 Å². The van der Waals surface area contributed by atoms with Crippen molar-refractivity contribution in [2.45, 2.75) is 6.04 Å². The molecule has 0 bridgehead atoms. The number of anilines is 1. The summed E-state index contributed by atoms with van der Waals surface area (Å²) in [5.41, 5.74) is 1.01. The van der Waals surface area contributed by atoms with Crippen LogP contribution in [0.4, 0.5) is 5.13 Å². The molecule has 4 rings (SSSR count). The summed E-state index contributed by atoms with van der Waals surface area (Å²) in [6.07, 6.45) is 3.18. The highest BCUT2D eigenvalue weighted by Gasteiger charge is 2.47. The third kappa shape index (κ3) is 3.97. The van der Waals surface area contributed by atoms with Gasteiger partial charge in [0.1, 0.15) is 18.1 Å². The molecule has 8 heteroatoms. The van der Waals surface area contributed by atoms with Crippen LogP contribution in [0.3, 0.4) is 0 Å². The molecule has 1 fully saturated rings. The highest BCUT2D eigenvalue weighted by atomic mass is 35.5. The molecule has 0 radical (unpaired) electrons. The van der Waals surface area contributed by atoms with E-state index in [9.17, 15) is 14.7 Å². The Bertz CT molecular complexity index is 1160. The molecule has 2 aromatic carbocycles. The van der Waals surface area contributed by atoms with Gasteiger partial charge in [-0.1, -0.05) is 36.4 Å². The average Bonchev–Trinajstić information content (AvgIpc) is 3.40. The van der Waals surface area contributed by atoms with Crippen LogP contribution in [0.15, 0.2) is 78.3 Å². The minimum atomic E-state index is -0.833. The topological polar surface area (TPSA) is 79.7 Å². The second kappa shape index (κ2) is 8.75. The van der Waals surface area contributed by atoms with Crippen molar-refractivity contribution >= 4 is 45.5 Å². The van der Waals surface area contributed by atoms with E-state index in [0.29, 0.717) is 33.6 Å². The first kappa shape index (κ1) is 20.8. The molecule has 31 heavy (non-hydrogen) atoms. The summed E-state index contributed by atoms with van der Waals surface area (Å²) in [6, 6.07) is 12.6. The Balaban J connectivity index is 1.83. The molecule has 1 N–H and O–H groups in total. The maximum atomic E-state index is 13.0. The van der Waals surface area contributed by atoms with Crippen LogP contribution in [0, 0.1) is 0 Å². The number of hydrogen-bond donors (Lipinski definition) is 1. The van der Waals surface area contributed by atoms with E-state index < -0.39 is 17.7 Å². The first-order valence-electron chi connectivity index (χ1n) is 9.31. The van der Waals surface area contributed by atoms with Gasteiger partial charge in [0, 0.05) is 22.2 Å². The predicted octanol–water partition coefficient (Wildman–Crippen LogP) is 4.99. The van der Waals surface area contributed by atoms with Gasteiger partial charge in [-0.25, -0.2) is 4.98 Å². The lowest BCUT2D eigenvalue weighted by Gasteiger charge is -2.23. The molecule has 0 spiro atoms. The number of carbonyl (C=O) groups is 2. The van der Waals surface area contributed by atoms with E-state index in [2.05, 4.69) is 11.6 Å². The Kier molecular flexibility index (Phi) is 5.88. The van der Waals surface area contributed by atoms with E-state index in [0.717, 1.165) is 0 Å². The van der Waals surface area contributed by atoms with Crippen molar-refractivity contribution in [1.82, 2.24) is 4.98 Å². The van der Waals surface area contributed by atoms with E-state index >= 15 is 0 Å². The number of rotatable bonds is 6. The number of ketones is 1. The van der Waals surface area contributed by atoms with Crippen LogP contribution >= 0.6 is 22.9 Å². The van der Waals surface area contributed by atoms with Crippen molar-refractivity contribution in [3.05, 3.63) is 94.5 Å². The lowest BCUT2D eigenvalue weighted by molar-refractivity contribution is -0.132. The van der Waals surface area contributed by atoms with E-state index in [1.165, 1.54) is 16.2 Å². The lowest BCUT2D eigenvalue weighted by atomic mass is 9.95. The summed E-state index contributed by atoms with van der Waals surface area (Å²) in [6.45, 7) is 3.95. The number of halogens is 1. The summed E-state index contributed by atoms with van der Waals surface area (Å²) in [5, 5.41) is 13.7. The van der Waals surface area contributed by atoms with Crippen molar-refractivity contribution in [3.63, 3.8) is 0 Å². The lowest BCUT2D eigenvalue weighted by Crippen LogP contribution is -2.29. The Morgan fingerprint density at radius 3 is 2.52 bits per heavy atom. The number of nitrogens with zero attached hydrogens (tertiary/aromatic N) is 2. The fraction of sp³-hybridized carbons (Fsp3) is 0.0870. The van der Waals surface area contributed by atoms with E-state index in [1.54, 1.807) is 66.2 Å². The minimum Gasteiger partial charge on any atom is -0.507 e. The molecule has 1 amide bonds. The highest BCUT2D eigenvalue weighted by molar-refractivity contribution is 7.14. The van der Waals surface area contributed by atoms with Crippen LogP contribution in [-0.2, 0) is 9.59 Å². The van der Waals surface area contributed by atoms with Gasteiger partial charge in [0.25, 0.3) is 5.78 Å². The van der Waals surface area contributed by atoms with Crippen LogP contribution in [-0.4, -0.2) is 28.4 Å². The van der Waals surface area contributed by atoms with Gasteiger partial charge in [-0.2, -0.15) is 0 Å². The first-order chi connectivity index (χ1) is 15.0. The van der Waals surface area contributed by atoms with Gasteiger partial charge in [-0.05, 0) is 42.0 Å². The van der Waals surface area contributed by atoms with Gasteiger partial charge in [0.05, 0.1) is 11.6 Å². The van der Waals surface area contributed by atoms with Gasteiger partial charge >= 0.3 is 5.91 Å². The van der Waals surface area contributed by atoms with Crippen molar-refractivity contribution in [3.8, 4) is 5.75 Å². The standard InChI is InChI=1S/C23H17ClN2O4S/c1-2-12-30-17-9-5-15(6-10-17)20(27)18-19(14-3-7-16(24)8-4-14)26(22(29)21(18)28)23-25-11-13-31-23/h2-11,13,19,27H,1,12H2. The van der Waals surface area contributed by atoms with E-state index in [-0.39, 0.29) is 11.3 Å². The molecule has 156 valence electrons. The van der Waals surface area contributed by atoms with Crippen LogP contribution in [0.5, 0.6) is 5.75 Å². The van der Waals surface area contributed by atoms with Gasteiger partial charge in [0.2, 0.25) is 0 Å². The highest BCUT2D eigenvalue weighted by Crippen LogP contribution is 2.42. The molecule has 1 aliphatic heterocycles. The number of carbonyl (C=O) groups excluding carboxylic acids is 2. The molecular weight excluding hydrogens is 436 g/mol. The smallest absolute Gasteiger partial charge is 0.301 e. The zero-order chi connectivity index (χ0) is 22.0. The normalized spacial score (nSPS) is 17.7. The van der Waals surface area contributed by atoms with E-state index in [1.807, 2.05) is 0 Å². The van der Waals surface area contributed by atoms with Crippen LogP contribution < -0.4 is 9.64 Å². The van der Waals surface area contributed by atoms with Gasteiger partial charge in [-0.3, -0.25) is 14.5 Å². The van der Waals surface area contributed by atoms with Crippen LogP contribution in [0.2, 0.25) is 5.02 Å². The van der Waals surface area contributed by atoms with Crippen LogP contribution in [0.1, 0.15) is 17.2 Å².